The standard InChI is InChI=1S/C18H15N3O2/c1-12-3-2-4-13(7-12)16-11-21(10-15(16)9-19)17-8-14(18(22)23)5-6-20-17/h2-8,10,16H,11H2,1H3,(H,22,23). The summed E-state index contributed by atoms with van der Waals surface area (Å²) in [5, 5.41) is 18.5. The van der Waals surface area contributed by atoms with Gasteiger partial charge in [-0.15, -0.1) is 0 Å². The van der Waals surface area contributed by atoms with Crippen LogP contribution in [0, 0.1) is 18.3 Å². The Morgan fingerprint density at radius 3 is 2.91 bits per heavy atom. The van der Waals surface area contributed by atoms with Crippen LogP contribution in [0.1, 0.15) is 27.4 Å². The second-order valence-corrected chi connectivity index (χ2v) is 5.52. The van der Waals surface area contributed by atoms with Gasteiger partial charge in [0.15, 0.2) is 0 Å². The molecule has 23 heavy (non-hydrogen) atoms. The summed E-state index contributed by atoms with van der Waals surface area (Å²) in [5.41, 5.74) is 3.05. The third-order valence-electron chi connectivity index (χ3n) is 3.91. The van der Waals surface area contributed by atoms with Crippen LogP contribution in [0.5, 0.6) is 0 Å². The molecule has 1 aliphatic heterocycles. The Labute approximate surface area is 134 Å². The lowest BCUT2D eigenvalue weighted by Gasteiger charge is -2.18. The van der Waals surface area contributed by atoms with Crippen molar-refractivity contribution in [2.24, 2.45) is 0 Å². The molecule has 114 valence electrons. The molecule has 1 aliphatic rings. The first kappa shape index (κ1) is 14.8. The molecule has 1 aromatic carbocycles. The highest BCUT2D eigenvalue weighted by molar-refractivity contribution is 5.88. The topological polar surface area (TPSA) is 77.2 Å². The zero-order chi connectivity index (χ0) is 16.4. The van der Waals surface area contributed by atoms with Gasteiger partial charge in [0.25, 0.3) is 0 Å². The van der Waals surface area contributed by atoms with E-state index in [0.29, 0.717) is 17.9 Å². The van der Waals surface area contributed by atoms with E-state index in [1.807, 2.05) is 30.0 Å². The first-order valence-corrected chi connectivity index (χ1v) is 7.23. The Morgan fingerprint density at radius 2 is 2.22 bits per heavy atom. The number of nitriles is 1. The van der Waals surface area contributed by atoms with Crippen molar-refractivity contribution in [3.8, 4) is 6.07 Å². The smallest absolute Gasteiger partial charge is 0.335 e. The van der Waals surface area contributed by atoms with Crippen LogP contribution in [0.3, 0.4) is 0 Å². The Kier molecular flexibility index (Phi) is 3.82. The molecule has 1 N–H and O–H groups in total. The predicted molar refractivity (Wildman–Crippen MR) is 86.2 cm³/mol. The highest BCUT2D eigenvalue weighted by atomic mass is 16.4. The van der Waals surface area contributed by atoms with Crippen LogP contribution in [-0.4, -0.2) is 22.6 Å². The van der Waals surface area contributed by atoms with Gasteiger partial charge in [-0.25, -0.2) is 9.78 Å². The third kappa shape index (κ3) is 2.92. The summed E-state index contributed by atoms with van der Waals surface area (Å²) in [6, 6.07) is 13.3. The van der Waals surface area contributed by atoms with Crippen molar-refractivity contribution in [2.45, 2.75) is 12.8 Å². The molecular formula is C18H15N3O2. The van der Waals surface area contributed by atoms with Gasteiger partial charge >= 0.3 is 5.97 Å². The number of pyridine rings is 1. The summed E-state index contributed by atoms with van der Waals surface area (Å²) in [7, 11) is 0. The van der Waals surface area contributed by atoms with Gasteiger partial charge in [0, 0.05) is 24.9 Å². The molecule has 5 nitrogen and oxygen atoms in total. The third-order valence-corrected chi connectivity index (χ3v) is 3.91. The average molecular weight is 305 g/mol. The number of nitrogens with zero attached hydrogens (tertiary/aromatic N) is 3. The minimum atomic E-state index is -0.993. The number of carbonyl (C=O) groups is 1. The number of carboxylic acids is 1. The summed E-state index contributed by atoms with van der Waals surface area (Å²) >= 11 is 0. The zero-order valence-corrected chi connectivity index (χ0v) is 12.6. The molecule has 0 aliphatic carbocycles. The van der Waals surface area contributed by atoms with E-state index in [2.05, 4.69) is 17.1 Å². The van der Waals surface area contributed by atoms with Gasteiger partial charge < -0.3 is 10.0 Å². The fourth-order valence-corrected chi connectivity index (χ4v) is 2.75. The molecular weight excluding hydrogens is 290 g/mol. The molecule has 0 spiro atoms. The number of anilines is 1. The van der Waals surface area contributed by atoms with E-state index < -0.39 is 5.97 Å². The van der Waals surface area contributed by atoms with Gasteiger partial charge in [0.1, 0.15) is 5.82 Å². The van der Waals surface area contributed by atoms with Crippen LogP contribution in [0.4, 0.5) is 5.82 Å². The summed E-state index contributed by atoms with van der Waals surface area (Å²) < 4.78 is 0. The Hall–Kier alpha value is -3.13. The molecule has 0 fully saturated rings. The second-order valence-electron chi connectivity index (χ2n) is 5.52. The maximum Gasteiger partial charge on any atom is 0.335 e. The molecule has 0 bridgehead atoms. The van der Waals surface area contributed by atoms with E-state index >= 15 is 0 Å². The number of aryl methyl sites for hydroxylation is 1. The van der Waals surface area contributed by atoms with Crippen LogP contribution in [-0.2, 0) is 0 Å². The molecule has 1 aromatic heterocycles. The van der Waals surface area contributed by atoms with E-state index in [-0.39, 0.29) is 11.5 Å². The zero-order valence-electron chi connectivity index (χ0n) is 12.6. The van der Waals surface area contributed by atoms with Crippen molar-refractivity contribution in [1.29, 1.82) is 5.26 Å². The predicted octanol–water partition coefficient (Wildman–Crippen LogP) is 3.10. The summed E-state index contributed by atoms with van der Waals surface area (Å²) in [6.45, 7) is 2.59. The highest BCUT2D eigenvalue weighted by Crippen LogP contribution is 2.33. The molecule has 1 atom stereocenters. The van der Waals surface area contributed by atoms with Crippen molar-refractivity contribution >= 4 is 11.8 Å². The summed E-state index contributed by atoms with van der Waals surface area (Å²) in [5.74, 6) is -0.490. The van der Waals surface area contributed by atoms with E-state index in [1.54, 1.807) is 6.20 Å². The molecule has 2 aromatic rings. The highest BCUT2D eigenvalue weighted by Gasteiger charge is 2.27. The maximum atomic E-state index is 11.1. The molecule has 0 radical (unpaired) electrons. The largest absolute Gasteiger partial charge is 0.478 e. The van der Waals surface area contributed by atoms with E-state index in [0.717, 1.165) is 11.1 Å². The Balaban J connectivity index is 1.93. The van der Waals surface area contributed by atoms with Crippen LogP contribution in [0.25, 0.3) is 0 Å². The van der Waals surface area contributed by atoms with Crippen molar-refractivity contribution < 1.29 is 9.90 Å². The van der Waals surface area contributed by atoms with Gasteiger partial charge in [-0.05, 0) is 24.6 Å². The molecule has 0 saturated carbocycles. The van der Waals surface area contributed by atoms with Gasteiger partial charge in [-0.3, -0.25) is 0 Å². The minimum absolute atomic E-state index is 0.0322. The lowest BCUT2D eigenvalue weighted by molar-refractivity contribution is 0.0697. The second kappa shape index (κ2) is 5.93. The van der Waals surface area contributed by atoms with Crippen LogP contribution in [0.15, 0.2) is 54.4 Å². The van der Waals surface area contributed by atoms with Crippen LogP contribution in [0.2, 0.25) is 0 Å². The number of rotatable bonds is 3. The monoisotopic (exact) mass is 305 g/mol. The number of aromatic nitrogens is 1. The number of hydrogen-bond donors (Lipinski definition) is 1. The lowest BCUT2D eigenvalue weighted by Crippen LogP contribution is -2.18. The Bertz CT molecular complexity index is 836. The van der Waals surface area contributed by atoms with Crippen LogP contribution >= 0.6 is 0 Å². The molecule has 0 saturated heterocycles. The van der Waals surface area contributed by atoms with E-state index in [1.165, 1.54) is 18.3 Å². The number of hydrogen-bond acceptors (Lipinski definition) is 4. The fourth-order valence-electron chi connectivity index (χ4n) is 2.75. The minimum Gasteiger partial charge on any atom is -0.478 e. The molecule has 1 unspecified atom stereocenters. The van der Waals surface area contributed by atoms with Crippen molar-refractivity contribution in [1.82, 2.24) is 4.98 Å². The number of benzene rings is 1. The van der Waals surface area contributed by atoms with Gasteiger partial charge in [0.05, 0.1) is 17.2 Å². The first-order valence-electron chi connectivity index (χ1n) is 7.23. The van der Waals surface area contributed by atoms with Crippen molar-refractivity contribution in [3.63, 3.8) is 0 Å². The first-order chi connectivity index (χ1) is 11.1. The summed E-state index contributed by atoms with van der Waals surface area (Å²) in [4.78, 5) is 17.2. The molecule has 0 amide bonds. The van der Waals surface area contributed by atoms with Crippen molar-refractivity contribution in [2.75, 3.05) is 11.4 Å². The normalized spacial score (nSPS) is 16.8. The quantitative estimate of drug-likeness (QED) is 0.942. The van der Waals surface area contributed by atoms with E-state index in [4.69, 9.17) is 5.11 Å². The Morgan fingerprint density at radius 1 is 1.39 bits per heavy atom. The molecule has 3 rings (SSSR count). The SMILES string of the molecule is Cc1cccc(C2CN(c3cc(C(=O)O)ccn3)C=C2C#N)c1. The number of carboxylic acid groups (broad SMARTS) is 1. The van der Waals surface area contributed by atoms with Gasteiger partial charge in [-0.2, -0.15) is 5.26 Å². The van der Waals surface area contributed by atoms with Gasteiger partial charge in [0.2, 0.25) is 0 Å². The fraction of sp³-hybridized carbons (Fsp3) is 0.167. The van der Waals surface area contributed by atoms with Crippen molar-refractivity contribution in [3.05, 3.63) is 71.1 Å². The maximum absolute atomic E-state index is 11.1. The summed E-state index contributed by atoms with van der Waals surface area (Å²) in [6.07, 6.45) is 3.22. The molecule has 2 heterocycles. The van der Waals surface area contributed by atoms with Crippen LogP contribution < -0.4 is 4.90 Å². The number of aromatic carboxylic acids is 1. The van der Waals surface area contributed by atoms with Gasteiger partial charge in [-0.1, -0.05) is 29.8 Å². The van der Waals surface area contributed by atoms with E-state index in [9.17, 15) is 10.1 Å². The lowest BCUT2D eigenvalue weighted by atomic mass is 9.93. The molecule has 5 heteroatoms. The average Bonchev–Trinajstić information content (AvgIpc) is 2.99.